The van der Waals surface area contributed by atoms with Crippen LogP contribution in [-0.4, -0.2) is 68.4 Å². The Hall–Kier alpha value is -5.85. The Labute approximate surface area is 250 Å². The Bertz CT molecular complexity index is 1800. The predicted octanol–water partition coefficient (Wildman–Crippen LogP) is 2.57. The summed E-state index contributed by atoms with van der Waals surface area (Å²) in [7, 11) is 0. The first-order chi connectivity index (χ1) is 21.3. The number of hydrogen-bond donors (Lipinski definition) is 0. The molecule has 0 unspecified atom stereocenters. The summed E-state index contributed by atoms with van der Waals surface area (Å²) in [5, 5.41) is 16.8. The number of pyridine rings is 1. The minimum absolute atomic E-state index is 0.0259. The normalized spacial score (nSPS) is 14.1. The summed E-state index contributed by atoms with van der Waals surface area (Å²) in [4.78, 5) is 58.0. The molecule has 0 spiro atoms. The standard InChI is InChI=1S/C31H25N9O4/c1-18-20(12-37-14-22(33-35-37)16-39-28(41)24-7-3-4-8-25(24)29(39)42)11-21(19(2)32-18)13-38-15-23(34-36-38)17-40-30(43)26-9-5-6-10-27(26)31(40)44/h3-11,14-15H,12-13,16-17H2,1-2H3. The molecule has 3 aromatic heterocycles. The number of aryl methyl sites for hydroxylation is 2. The third kappa shape index (κ3) is 4.64. The first-order valence-corrected chi connectivity index (χ1v) is 13.9. The summed E-state index contributed by atoms with van der Waals surface area (Å²) >= 11 is 0. The third-order valence-electron chi connectivity index (χ3n) is 7.85. The van der Waals surface area contributed by atoms with E-state index in [9.17, 15) is 19.2 Å². The zero-order valence-electron chi connectivity index (χ0n) is 23.8. The molecule has 0 radical (unpaired) electrons. The zero-order valence-corrected chi connectivity index (χ0v) is 23.8. The van der Waals surface area contributed by atoms with Gasteiger partial charge in [0.05, 0.1) is 60.8 Å². The van der Waals surface area contributed by atoms with E-state index in [4.69, 9.17) is 4.98 Å². The van der Waals surface area contributed by atoms with Crippen molar-refractivity contribution in [2.75, 3.05) is 0 Å². The number of fused-ring (bicyclic) bond motifs is 2. The highest BCUT2D eigenvalue weighted by atomic mass is 16.2. The molecule has 0 bridgehead atoms. The molecular weight excluding hydrogens is 562 g/mol. The van der Waals surface area contributed by atoms with Crippen molar-refractivity contribution < 1.29 is 19.2 Å². The fourth-order valence-electron chi connectivity index (χ4n) is 5.55. The first-order valence-electron chi connectivity index (χ1n) is 13.9. The topological polar surface area (TPSA) is 149 Å². The van der Waals surface area contributed by atoms with Gasteiger partial charge in [-0.3, -0.25) is 34.0 Å². The molecule has 7 rings (SSSR count). The number of aromatic nitrogens is 7. The van der Waals surface area contributed by atoms with E-state index in [0.717, 1.165) is 22.5 Å². The molecule has 2 aliphatic rings. The van der Waals surface area contributed by atoms with Crippen molar-refractivity contribution in [2.45, 2.75) is 40.0 Å². The van der Waals surface area contributed by atoms with Crippen LogP contribution in [0.4, 0.5) is 0 Å². The van der Waals surface area contributed by atoms with Crippen molar-refractivity contribution in [2.24, 2.45) is 0 Å². The van der Waals surface area contributed by atoms with Gasteiger partial charge in [-0.15, -0.1) is 10.2 Å². The summed E-state index contributed by atoms with van der Waals surface area (Å²) in [6.07, 6.45) is 3.43. The molecule has 44 heavy (non-hydrogen) atoms. The second-order valence-corrected chi connectivity index (χ2v) is 10.8. The largest absolute Gasteiger partial charge is 0.269 e. The summed E-state index contributed by atoms with van der Waals surface area (Å²) in [5.41, 5.74) is 6.02. The van der Waals surface area contributed by atoms with Crippen molar-refractivity contribution >= 4 is 23.6 Å². The van der Waals surface area contributed by atoms with Crippen LogP contribution in [0, 0.1) is 13.8 Å². The molecule has 0 aliphatic carbocycles. The van der Waals surface area contributed by atoms with Gasteiger partial charge in [-0.1, -0.05) is 34.7 Å². The van der Waals surface area contributed by atoms with Gasteiger partial charge >= 0.3 is 0 Å². The van der Waals surface area contributed by atoms with E-state index in [2.05, 4.69) is 20.6 Å². The first kappa shape index (κ1) is 27.0. The molecule has 2 aliphatic heterocycles. The lowest BCUT2D eigenvalue weighted by atomic mass is 10.1. The van der Waals surface area contributed by atoms with Gasteiger partial charge in [0, 0.05) is 11.4 Å². The molecule has 2 aromatic carbocycles. The van der Waals surface area contributed by atoms with E-state index in [1.165, 1.54) is 9.80 Å². The van der Waals surface area contributed by atoms with Crippen LogP contribution < -0.4 is 0 Å². The second-order valence-electron chi connectivity index (χ2n) is 10.8. The SMILES string of the molecule is Cc1nc(C)c(Cn2cc(CN3C(=O)c4ccccc4C3=O)nn2)cc1Cn1cc(CN2C(=O)c3ccccc3C2=O)nn1. The highest BCUT2D eigenvalue weighted by Crippen LogP contribution is 2.25. The third-order valence-corrected chi connectivity index (χ3v) is 7.85. The molecule has 5 aromatic rings. The summed E-state index contributed by atoms with van der Waals surface area (Å²) in [6.45, 7) is 4.64. The summed E-state index contributed by atoms with van der Waals surface area (Å²) < 4.78 is 3.29. The number of hydrogen-bond acceptors (Lipinski definition) is 9. The molecule has 13 heteroatoms. The van der Waals surface area contributed by atoms with Crippen molar-refractivity contribution in [3.05, 3.63) is 123 Å². The number of rotatable bonds is 8. The summed E-state index contributed by atoms with van der Waals surface area (Å²) in [6, 6.07) is 15.5. The molecule has 218 valence electrons. The number of carbonyl (C=O) groups is 4. The Balaban J connectivity index is 1.03. The van der Waals surface area contributed by atoms with Gasteiger partial charge in [0.2, 0.25) is 0 Å². The molecule has 0 N–H and O–H groups in total. The van der Waals surface area contributed by atoms with Crippen molar-refractivity contribution in [1.29, 1.82) is 0 Å². The van der Waals surface area contributed by atoms with Gasteiger partial charge in [0.25, 0.3) is 23.6 Å². The van der Waals surface area contributed by atoms with Crippen LogP contribution in [0.15, 0.2) is 67.0 Å². The number of nitrogens with zero attached hydrogens (tertiary/aromatic N) is 9. The number of carbonyl (C=O) groups excluding carboxylic acids is 4. The highest BCUT2D eigenvalue weighted by Gasteiger charge is 2.36. The van der Waals surface area contributed by atoms with Gasteiger partial charge in [-0.05, 0) is 55.3 Å². The van der Waals surface area contributed by atoms with Crippen LogP contribution in [0.3, 0.4) is 0 Å². The van der Waals surface area contributed by atoms with Gasteiger partial charge in [0.15, 0.2) is 0 Å². The fraction of sp³-hybridized carbons (Fsp3) is 0.194. The average Bonchev–Trinajstić information content (AvgIpc) is 3.77. The van der Waals surface area contributed by atoms with Gasteiger partial charge in [0.1, 0.15) is 11.4 Å². The second kappa shape index (κ2) is 10.5. The lowest BCUT2D eigenvalue weighted by Crippen LogP contribution is -2.29. The molecule has 0 saturated heterocycles. The highest BCUT2D eigenvalue weighted by molar-refractivity contribution is 6.21. The van der Waals surface area contributed by atoms with Crippen molar-refractivity contribution in [3.8, 4) is 0 Å². The minimum Gasteiger partial charge on any atom is -0.269 e. The Kier molecular flexibility index (Phi) is 6.42. The van der Waals surface area contributed by atoms with E-state index < -0.39 is 0 Å². The lowest BCUT2D eigenvalue weighted by molar-refractivity contribution is 0.0625. The Morgan fingerprint density at radius 2 is 0.909 bits per heavy atom. The maximum Gasteiger partial charge on any atom is 0.261 e. The number of imide groups is 2. The lowest BCUT2D eigenvalue weighted by Gasteiger charge is -2.12. The van der Waals surface area contributed by atoms with E-state index >= 15 is 0 Å². The molecule has 0 fully saturated rings. The maximum absolute atomic E-state index is 12.7. The van der Waals surface area contributed by atoms with Gasteiger partial charge < -0.3 is 0 Å². The van der Waals surface area contributed by atoms with Crippen LogP contribution >= 0.6 is 0 Å². The van der Waals surface area contributed by atoms with Crippen molar-refractivity contribution in [3.63, 3.8) is 0 Å². The molecular formula is C31H25N9O4. The van der Waals surface area contributed by atoms with E-state index in [0.29, 0.717) is 46.7 Å². The van der Waals surface area contributed by atoms with E-state index in [1.807, 2.05) is 19.9 Å². The molecule has 13 nitrogen and oxygen atoms in total. The van der Waals surface area contributed by atoms with Crippen LogP contribution in [0.5, 0.6) is 0 Å². The Morgan fingerprint density at radius 3 is 1.27 bits per heavy atom. The predicted molar refractivity (Wildman–Crippen MR) is 153 cm³/mol. The molecule has 5 heterocycles. The molecule has 0 saturated carbocycles. The Morgan fingerprint density at radius 1 is 0.545 bits per heavy atom. The average molecular weight is 588 g/mol. The summed E-state index contributed by atoms with van der Waals surface area (Å²) in [5.74, 6) is -1.38. The molecule has 4 amide bonds. The number of benzene rings is 2. The fourth-order valence-corrected chi connectivity index (χ4v) is 5.55. The van der Waals surface area contributed by atoms with Crippen LogP contribution in [0.25, 0.3) is 0 Å². The van der Waals surface area contributed by atoms with E-state index in [-0.39, 0.29) is 36.7 Å². The monoisotopic (exact) mass is 587 g/mol. The van der Waals surface area contributed by atoms with Crippen LogP contribution in [-0.2, 0) is 26.2 Å². The van der Waals surface area contributed by atoms with E-state index in [1.54, 1.807) is 70.3 Å². The quantitative estimate of drug-likeness (QED) is 0.250. The smallest absolute Gasteiger partial charge is 0.261 e. The van der Waals surface area contributed by atoms with Crippen LogP contribution in [0.1, 0.15) is 75.3 Å². The van der Waals surface area contributed by atoms with Crippen molar-refractivity contribution in [1.82, 2.24) is 44.8 Å². The molecule has 0 atom stereocenters. The zero-order chi connectivity index (χ0) is 30.5. The number of amides is 4. The van der Waals surface area contributed by atoms with Gasteiger partial charge in [-0.2, -0.15) is 0 Å². The van der Waals surface area contributed by atoms with Crippen LogP contribution in [0.2, 0.25) is 0 Å². The maximum atomic E-state index is 12.7. The minimum atomic E-state index is -0.344. The van der Waals surface area contributed by atoms with Gasteiger partial charge in [-0.25, -0.2) is 9.36 Å².